The molecule has 194 valence electrons. The summed E-state index contributed by atoms with van der Waals surface area (Å²) in [5.74, 6) is 0. The first-order valence-electron chi connectivity index (χ1n) is 13.9. The maximum absolute atomic E-state index is 2.60. The van der Waals surface area contributed by atoms with Crippen LogP contribution < -0.4 is 24.8 Å². The number of benzene rings is 2. The van der Waals surface area contributed by atoms with E-state index < -0.39 is 21.3 Å². The normalized spacial score (nSPS) is 17.1. The van der Waals surface area contributed by atoms with Crippen LogP contribution in [0.15, 0.2) is 59.7 Å². The van der Waals surface area contributed by atoms with E-state index in [-0.39, 0.29) is 24.8 Å². The first kappa shape index (κ1) is 31.5. The van der Waals surface area contributed by atoms with Gasteiger partial charge < -0.3 is 24.8 Å². The summed E-state index contributed by atoms with van der Waals surface area (Å²) in [4.78, 5) is 0. The van der Waals surface area contributed by atoms with Crippen LogP contribution in [-0.4, -0.2) is 3.21 Å². The quantitative estimate of drug-likeness (QED) is 0.322. The maximum Gasteiger partial charge on any atom is -1.00 e. The summed E-state index contributed by atoms with van der Waals surface area (Å²) in [5.41, 5.74) is 9.86. The van der Waals surface area contributed by atoms with Gasteiger partial charge in [-0.1, -0.05) is 0 Å². The molecule has 2 atom stereocenters. The first-order valence-corrected chi connectivity index (χ1v) is 18.0. The van der Waals surface area contributed by atoms with Crippen LogP contribution in [0.4, 0.5) is 0 Å². The number of allylic oxidation sites excluding steroid dienone is 2. The third kappa shape index (κ3) is 7.21. The maximum atomic E-state index is 2.60. The van der Waals surface area contributed by atoms with Gasteiger partial charge in [-0.05, 0) is 0 Å². The van der Waals surface area contributed by atoms with Crippen molar-refractivity contribution in [2.75, 3.05) is 0 Å². The molecule has 0 saturated carbocycles. The molecule has 0 nitrogen and oxygen atoms in total. The monoisotopic (exact) mass is 600 g/mol. The van der Waals surface area contributed by atoms with Crippen molar-refractivity contribution in [3.8, 4) is 0 Å². The van der Waals surface area contributed by atoms with Crippen LogP contribution >= 0.6 is 0 Å². The van der Waals surface area contributed by atoms with Gasteiger partial charge in [-0.2, -0.15) is 0 Å². The van der Waals surface area contributed by atoms with Crippen molar-refractivity contribution in [3.63, 3.8) is 0 Å². The van der Waals surface area contributed by atoms with E-state index in [1.54, 1.807) is 25.5 Å². The van der Waals surface area contributed by atoms with Crippen LogP contribution in [0, 0.1) is 0 Å². The van der Waals surface area contributed by atoms with E-state index in [0.717, 1.165) is 0 Å². The van der Waals surface area contributed by atoms with Gasteiger partial charge >= 0.3 is 218 Å². The van der Waals surface area contributed by atoms with Crippen LogP contribution in [0.2, 0.25) is 0 Å². The molecule has 0 fully saturated rings. The van der Waals surface area contributed by atoms with Gasteiger partial charge in [0.25, 0.3) is 0 Å². The molecule has 2 aromatic rings. The molecule has 0 spiro atoms. The summed E-state index contributed by atoms with van der Waals surface area (Å²) < 4.78 is 3.20. The van der Waals surface area contributed by atoms with Crippen LogP contribution in [0.5, 0.6) is 0 Å². The summed E-state index contributed by atoms with van der Waals surface area (Å²) in [6.45, 7) is 9.61. The molecule has 0 N–H and O–H groups in total. The largest absolute Gasteiger partial charge is 1.00 e. The van der Waals surface area contributed by atoms with E-state index in [0.29, 0.717) is 7.25 Å². The summed E-state index contributed by atoms with van der Waals surface area (Å²) >= 11 is -2.12. The predicted molar refractivity (Wildman–Crippen MR) is 148 cm³/mol. The summed E-state index contributed by atoms with van der Waals surface area (Å²) in [7, 11) is 0. The van der Waals surface area contributed by atoms with Gasteiger partial charge in [-0.25, -0.2) is 0 Å². The van der Waals surface area contributed by atoms with Gasteiger partial charge in [0.05, 0.1) is 0 Å². The van der Waals surface area contributed by atoms with E-state index in [1.165, 1.54) is 75.3 Å². The second-order valence-electron chi connectivity index (χ2n) is 10.6. The molecule has 2 aliphatic carbocycles. The van der Waals surface area contributed by atoms with Crippen LogP contribution in [0.3, 0.4) is 0 Å². The Labute approximate surface area is 241 Å². The van der Waals surface area contributed by atoms with Crippen LogP contribution in [0.1, 0.15) is 121 Å². The third-order valence-corrected chi connectivity index (χ3v) is 17.1. The van der Waals surface area contributed by atoms with Crippen LogP contribution in [0.25, 0.3) is 12.2 Å². The Morgan fingerprint density at radius 2 is 1.03 bits per heavy atom. The smallest absolute Gasteiger partial charge is 1.00 e. The Morgan fingerprint density at radius 1 is 0.611 bits per heavy atom. The minimum absolute atomic E-state index is 0. The fourth-order valence-electron chi connectivity index (χ4n) is 6.20. The Morgan fingerprint density at radius 3 is 1.42 bits per heavy atom. The van der Waals surface area contributed by atoms with Crippen molar-refractivity contribution >= 4 is 15.4 Å². The molecule has 0 bridgehead atoms. The number of halogens is 2. The molecule has 0 radical (unpaired) electrons. The van der Waals surface area contributed by atoms with Crippen molar-refractivity contribution < 1.29 is 46.1 Å². The van der Waals surface area contributed by atoms with Gasteiger partial charge in [0.2, 0.25) is 0 Å². The number of hydrogen-bond acceptors (Lipinski definition) is 0. The fourth-order valence-corrected chi connectivity index (χ4v) is 15.9. The zero-order valence-electron chi connectivity index (χ0n) is 22.8. The van der Waals surface area contributed by atoms with Gasteiger partial charge in [0.1, 0.15) is 0 Å². The van der Waals surface area contributed by atoms with Gasteiger partial charge in [-0.15, -0.1) is 0 Å². The zero-order chi connectivity index (χ0) is 23.9. The molecule has 2 aromatic carbocycles. The van der Waals surface area contributed by atoms with Crippen molar-refractivity contribution in [3.05, 3.63) is 81.9 Å². The Balaban J connectivity index is 0.00000228. The summed E-state index contributed by atoms with van der Waals surface area (Å²) in [6.07, 6.45) is 18.6. The molecular formula is C33H44Cl2Zr. The molecule has 0 aromatic heterocycles. The molecule has 0 heterocycles. The minimum atomic E-state index is -2.12. The molecule has 36 heavy (non-hydrogen) atoms. The number of unbranched alkanes of at least 4 members (excludes halogenated alkanes) is 6. The molecule has 0 amide bonds. The van der Waals surface area contributed by atoms with E-state index in [4.69, 9.17) is 0 Å². The molecule has 4 rings (SSSR count). The molecule has 0 saturated heterocycles. The molecule has 2 unspecified atom stereocenters. The zero-order valence-corrected chi connectivity index (χ0v) is 26.7. The second-order valence-corrected chi connectivity index (χ2v) is 18.2. The average Bonchev–Trinajstić information content (AvgIpc) is 3.38. The molecule has 0 aliphatic heterocycles. The fraction of sp³-hybridized carbons (Fsp3) is 0.485. The standard InChI is InChI=1S/2C15H19.C3H6.2ClH.Zr/c2*1-2-3-4-5-8-13-11-14-9-6-7-10-15(14)12-13;1-3-2;;;/h2*6-7,9-12H,2-5,8H2,1H3;1-2H3;2*1H;/q;;;;;+2/p-2. The number of fused-ring (bicyclic) bond motifs is 2. The van der Waals surface area contributed by atoms with Crippen molar-refractivity contribution in [1.29, 1.82) is 0 Å². The van der Waals surface area contributed by atoms with Crippen molar-refractivity contribution in [2.45, 2.75) is 99.2 Å². The minimum Gasteiger partial charge on any atom is -1.00 e. The molecule has 2 aliphatic rings. The Hall–Kier alpha value is -0.747. The van der Waals surface area contributed by atoms with E-state index in [2.05, 4.69) is 88.4 Å². The Bertz CT molecular complexity index is 995. The van der Waals surface area contributed by atoms with Gasteiger partial charge in [-0.3, -0.25) is 0 Å². The SMILES string of the molecule is CCCCCCC1=Cc2ccccc2[CH]1[Zr+2](=[C](C)C)[CH]1C(CCCCCC)=Cc2ccccc21.[Cl-].[Cl-]. The van der Waals surface area contributed by atoms with Gasteiger partial charge in [0.15, 0.2) is 0 Å². The topological polar surface area (TPSA) is 0 Å². The predicted octanol–water partition coefficient (Wildman–Crippen LogP) is 4.04. The molecular weight excluding hydrogens is 558 g/mol. The third-order valence-electron chi connectivity index (χ3n) is 7.87. The average molecular weight is 603 g/mol. The van der Waals surface area contributed by atoms with Gasteiger partial charge in [0, 0.05) is 0 Å². The summed E-state index contributed by atoms with van der Waals surface area (Å²) in [6, 6.07) is 18.7. The van der Waals surface area contributed by atoms with E-state index in [1.807, 2.05) is 0 Å². The first-order chi connectivity index (χ1) is 16.7. The number of hydrogen-bond donors (Lipinski definition) is 0. The van der Waals surface area contributed by atoms with Crippen molar-refractivity contribution in [1.82, 2.24) is 0 Å². The Kier molecular flexibility index (Phi) is 13.6. The van der Waals surface area contributed by atoms with Crippen LogP contribution in [-0.2, 0) is 21.3 Å². The van der Waals surface area contributed by atoms with E-state index >= 15 is 0 Å². The molecule has 3 heteroatoms. The number of rotatable bonds is 12. The second kappa shape index (κ2) is 15.6. The summed E-state index contributed by atoms with van der Waals surface area (Å²) in [5, 5.41) is 0. The van der Waals surface area contributed by atoms with E-state index in [9.17, 15) is 0 Å². The van der Waals surface area contributed by atoms with Crippen molar-refractivity contribution in [2.24, 2.45) is 0 Å².